The molecular formula is C12H14N2O4. The molecule has 0 radical (unpaired) electrons. The number of nitrogens with one attached hydrogen (secondary N) is 1. The highest BCUT2D eigenvalue weighted by Crippen LogP contribution is 2.06. The van der Waals surface area contributed by atoms with Gasteiger partial charge in [0.25, 0.3) is 0 Å². The molecule has 1 amide bonds. The van der Waals surface area contributed by atoms with Crippen molar-refractivity contribution in [2.75, 3.05) is 12.3 Å². The van der Waals surface area contributed by atoms with Crippen LogP contribution in [0.5, 0.6) is 0 Å². The lowest BCUT2D eigenvalue weighted by Crippen LogP contribution is -2.35. The maximum atomic E-state index is 11.3. The quantitative estimate of drug-likeness (QED) is 0.428. The molecule has 6 heteroatoms. The fraction of sp³-hybridized carbons (Fsp3) is 0.167. The first-order chi connectivity index (χ1) is 8.49. The summed E-state index contributed by atoms with van der Waals surface area (Å²) in [7, 11) is 0. The van der Waals surface area contributed by atoms with Crippen LogP contribution in [-0.2, 0) is 9.59 Å². The zero-order chi connectivity index (χ0) is 13.5. The molecule has 0 unspecified atom stereocenters. The number of hydrogen-bond donors (Lipinski definition) is 4. The number of rotatable bonds is 5. The Bertz CT molecular complexity index is 454. The summed E-state index contributed by atoms with van der Waals surface area (Å²) in [6, 6.07) is 6.88. The number of carbonyl (C=O) groups excluding carboxylic acids is 1. The molecule has 0 aliphatic heterocycles. The third-order valence-electron chi connectivity index (χ3n) is 2.12. The molecule has 0 saturated carbocycles. The third kappa shape index (κ3) is 4.67. The van der Waals surface area contributed by atoms with Crippen molar-refractivity contribution in [2.24, 2.45) is 0 Å². The molecule has 1 aromatic rings. The first-order valence-corrected chi connectivity index (χ1v) is 5.21. The average Bonchev–Trinajstić information content (AvgIpc) is 2.35. The monoisotopic (exact) mass is 250 g/mol. The summed E-state index contributed by atoms with van der Waals surface area (Å²) in [4.78, 5) is 21.6. The van der Waals surface area contributed by atoms with Gasteiger partial charge in [0.1, 0.15) is 0 Å². The summed E-state index contributed by atoms with van der Waals surface area (Å²) in [5.74, 6) is -1.86. The zero-order valence-corrected chi connectivity index (χ0v) is 9.54. The van der Waals surface area contributed by atoms with Crippen LogP contribution in [0.1, 0.15) is 5.56 Å². The second-order valence-corrected chi connectivity index (χ2v) is 3.60. The van der Waals surface area contributed by atoms with Gasteiger partial charge in [-0.25, -0.2) is 4.79 Å². The van der Waals surface area contributed by atoms with Gasteiger partial charge in [-0.3, -0.25) is 4.79 Å². The Balaban J connectivity index is 2.45. The van der Waals surface area contributed by atoms with E-state index in [0.29, 0.717) is 5.69 Å². The van der Waals surface area contributed by atoms with Gasteiger partial charge in [0, 0.05) is 11.8 Å². The van der Waals surface area contributed by atoms with Crippen LogP contribution in [0.3, 0.4) is 0 Å². The number of amides is 1. The lowest BCUT2D eigenvalue weighted by Gasteiger charge is -2.05. The highest BCUT2D eigenvalue weighted by atomic mass is 16.4. The number of nitrogens with two attached hydrogens (primary N) is 1. The van der Waals surface area contributed by atoms with Gasteiger partial charge in [-0.05, 0) is 23.8 Å². The number of aliphatic hydroxyl groups excluding tert-OH is 1. The Morgan fingerprint density at radius 2 is 1.94 bits per heavy atom. The Kier molecular flexibility index (Phi) is 4.89. The Hall–Kier alpha value is -2.34. The number of carbonyl (C=O) groups is 2. The van der Waals surface area contributed by atoms with E-state index in [1.165, 1.54) is 6.08 Å². The van der Waals surface area contributed by atoms with E-state index in [-0.39, 0.29) is 6.54 Å². The van der Waals surface area contributed by atoms with Crippen LogP contribution in [0, 0.1) is 0 Å². The number of aliphatic hydroxyl groups is 1. The number of carboxylic acids is 1. The highest BCUT2D eigenvalue weighted by Gasteiger charge is 2.12. The minimum Gasteiger partial charge on any atom is -0.479 e. The van der Waals surface area contributed by atoms with E-state index in [4.69, 9.17) is 15.9 Å². The first kappa shape index (κ1) is 13.7. The number of carboxylic acid groups (broad SMARTS) is 1. The van der Waals surface area contributed by atoms with Crippen molar-refractivity contribution in [1.82, 2.24) is 5.32 Å². The summed E-state index contributed by atoms with van der Waals surface area (Å²) in [5, 5.41) is 19.6. The Labute approximate surface area is 104 Å². The predicted molar refractivity (Wildman–Crippen MR) is 66.5 cm³/mol. The Morgan fingerprint density at radius 1 is 1.33 bits per heavy atom. The Morgan fingerprint density at radius 3 is 2.50 bits per heavy atom. The van der Waals surface area contributed by atoms with Crippen LogP contribution in [0.4, 0.5) is 5.69 Å². The molecule has 0 saturated heterocycles. The van der Waals surface area contributed by atoms with Crippen LogP contribution in [0.25, 0.3) is 6.08 Å². The number of aliphatic carboxylic acids is 1. The van der Waals surface area contributed by atoms with E-state index in [2.05, 4.69) is 5.32 Å². The molecule has 0 fully saturated rings. The predicted octanol–water partition coefficient (Wildman–Crippen LogP) is -0.156. The molecule has 0 aliphatic carbocycles. The normalized spacial score (nSPS) is 12.3. The van der Waals surface area contributed by atoms with Crippen molar-refractivity contribution in [3.63, 3.8) is 0 Å². The molecule has 1 rings (SSSR count). The fourth-order valence-electron chi connectivity index (χ4n) is 1.12. The summed E-state index contributed by atoms with van der Waals surface area (Å²) in [6.45, 7) is -0.333. The highest BCUT2D eigenvalue weighted by molar-refractivity contribution is 5.92. The zero-order valence-electron chi connectivity index (χ0n) is 9.54. The van der Waals surface area contributed by atoms with Gasteiger partial charge in [0.15, 0.2) is 6.10 Å². The molecule has 96 valence electrons. The van der Waals surface area contributed by atoms with Gasteiger partial charge in [0.05, 0.1) is 6.54 Å². The summed E-state index contributed by atoms with van der Waals surface area (Å²) < 4.78 is 0. The first-order valence-electron chi connectivity index (χ1n) is 5.21. The third-order valence-corrected chi connectivity index (χ3v) is 2.12. The van der Waals surface area contributed by atoms with Gasteiger partial charge in [-0.2, -0.15) is 0 Å². The molecule has 0 bridgehead atoms. The van der Waals surface area contributed by atoms with Gasteiger partial charge in [-0.1, -0.05) is 12.1 Å². The maximum Gasteiger partial charge on any atom is 0.334 e. The van der Waals surface area contributed by atoms with Crippen molar-refractivity contribution in [3.8, 4) is 0 Å². The molecular weight excluding hydrogens is 236 g/mol. The van der Waals surface area contributed by atoms with Gasteiger partial charge in [-0.15, -0.1) is 0 Å². The van der Waals surface area contributed by atoms with Gasteiger partial charge >= 0.3 is 5.97 Å². The van der Waals surface area contributed by atoms with Crippen LogP contribution in [0.15, 0.2) is 30.3 Å². The molecule has 0 heterocycles. The fourth-order valence-corrected chi connectivity index (χ4v) is 1.12. The van der Waals surface area contributed by atoms with Crippen molar-refractivity contribution in [2.45, 2.75) is 6.10 Å². The lowest BCUT2D eigenvalue weighted by molar-refractivity contribution is -0.146. The topological polar surface area (TPSA) is 113 Å². The van der Waals surface area contributed by atoms with Gasteiger partial charge < -0.3 is 21.3 Å². The SMILES string of the molecule is Nc1ccc(/C=C/C(=O)NC[C@H](O)C(=O)O)cc1. The second-order valence-electron chi connectivity index (χ2n) is 3.60. The summed E-state index contributed by atoms with van der Waals surface area (Å²) in [5.41, 5.74) is 6.92. The largest absolute Gasteiger partial charge is 0.479 e. The minimum absolute atomic E-state index is 0.333. The molecule has 0 aliphatic rings. The lowest BCUT2D eigenvalue weighted by atomic mass is 10.2. The second kappa shape index (κ2) is 6.41. The molecule has 1 aromatic carbocycles. The minimum atomic E-state index is -1.60. The van der Waals surface area contributed by atoms with Crippen molar-refractivity contribution in [3.05, 3.63) is 35.9 Å². The number of hydrogen-bond acceptors (Lipinski definition) is 4. The summed E-state index contributed by atoms with van der Waals surface area (Å²) >= 11 is 0. The van der Waals surface area contributed by atoms with Crippen LogP contribution < -0.4 is 11.1 Å². The number of benzene rings is 1. The van der Waals surface area contributed by atoms with Gasteiger partial charge in [0.2, 0.25) is 5.91 Å². The molecule has 0 aromatic heterocycles. The van der Waals surface area contributed by atoms with E-state index >= 15 is 0 Å². The smallest absolute Gasteiger partial charge is 0.334 e. The van der Waals surface area contributed by atoms with Crippen LogP contribution in [-0.4, -0.2) is 34.7 Å². The van der Waals surface area contributed by atoms with Crippen molar-refractivity contribution in [1.29, 1.82) is 0 Å². The number of nitrogen functional groups attached to an aromatic ring is 1. The summed E-state index contributed by atoms with van der Waals surface area (Å²) in [6.07, 6.45) is 1.21. The molecule has 5 N–H and O–H groups in total. The van der Waals surface area contributed by atoms with E-state index in [1.807, 2.05) is 0 Å². The van der Waals surface area contributed by atoms with Crippen LogP contribution in [0.2, 0.25) is 0 Å². The van der Waals surface area contributed by atoms with E-state index in [9.17, 15) is 9.59 Å². The number of anilines is 1. The maximum absolute atomic E-state index is 11.3. The molecule has 0 spiro atoms. The molecule has 1 atom stereocenters. The molecule has 6 nitrogen and oxygen atoms in total. The van der Waals surface area contributed by atoms with E-state index in [1.54, 1.807) is 30.3 Å². The van der Waals surface area contributed by atoms with E-state index < -0.39 is 18.0 Å². The van der Waals surface area contributed by atoms with Crippen LogP contribution >= 0.6 is 0 Å². The standard InChI is InChI=1S/C12H14N2O4/c13-9-4-1-8(2-5-9)3-6-11(16)14-7-10(15)12(17)18/h1-6,10,15H,7,13H2,(H,14,16)(H,17,18)/b6-3+/t10-/m0/s1. The molecule has 18 heavy (non-hydrogen) atoms. The average molecular weight is 250 g/mol. The van der Waals surface area contributed by atoms with E-state index in [0.717, 1.165) is 5.56 Å². The van der Waals surface area contributed by atoms with Crippen molar-refractivity contribution >= 4 is 23.6 Å². The van der Waals surface area contributed by atoms with Crippen molar-refractivity contribution < 1.29 is 19.8 Å².